The van der Waals surface area contributed by atoms with Gasteiger partial charge in [0.1, 0.15) is 5.82 Å². The second-order valence-corrected chi connectivity index (χ2v) is 5.96. The molecule has 1 aromatic heterocycles. The molecule has 2 rings (SSSR count). The molecule has 1 heterocycles. The second-order valence-electron chi connectivity index (χ2n) is 5.96. The molecule has 0 radical (unpaired) electrons. The standard InChI is InChI=1S/C16H21N3O/c1-12-10-14(19(18-12)16(2,3)4)17-15(20)11-13-8-6-5-7-9-13/h5-10H,11H2,1-4H3,(H,17,20). The van der Waals surface area contributed by atoms with Gasteiger partial charge in [0.2, 0.25) is 5.91 Å². The molecule has 0 aliphatic rings. The van der Waals surface area contributed by atoms with Gasteiger partial charge in [0, 0.05) is 6.07 Å². The fraction of sp³-hybridized carbons (Fsp3) is 0.375. The van der Waals surface area contributed by atoms with E-state index in [0.29, 0.717) is 6.42 Å². The van der Waals surface area contributed by atoms with Crippen molar-refractivity contribution in [2.75, 3.05) is 5.32 Å². The third-order valence-corrected chi connectivity index (χ3v) is 2.94. The van der Waals surface area contributed by atoms with Crippen LogP contribution in [0.15, 0.2) is 36.4 Å². The van der Waals surface area contributed by atoms with Gasteiger partial charge < -0.3 is 5.32 Å². The Balaban J connectivity index is 2.12. The second kappa shape index (κ2) is 5.49. The number of carbonyl (C=O) groups is 1. The molecule has 20 heavy (non-hydrogen) atoms. The molecule has 0 fully saturated rings. The lowest BCUT2D eigenvalue weighted by Crippen LogP contribution is -2.27. The van der Waals surface area contributed by atoms with Crippen LogP contribution >= 0.6 is 0 Å². The molecular formula is C16H21N3O. The van der Waals surface area contributed by atoms with Crippen molar-refractivity contribution in [2.24, 2.45) is 0 Å². The van der Waals surface area contributed by atoms with Crippen LogP contribution in [0.1, 0.15) is 32.0 Å². The van der Waals surface area contributed by atoms with Gasteiger partial charge in [-0.1, -0.05) is 30.3 Å². The quantitative estimate of drug-likeness (QED) is 0.932. The molecule has 0 aliphatic heterocycles. The maximum absolute atomic E-state index is 12.1. The van der Waals surface area contributed by atoms with Crippen molar-refractivity contribution in [2.45, 2.75) is 39.7 Å². The lowest BCUT2D eigenvalue weighted by Gasteiger charge is -2.22. The summed E-state index contributed by atoms with van der Waals surface area (Å²) in [7, 11) is 0. The molecule has 0 saturated carbocycles. The van der Waals surface area contributed by atoms with Crippen LogP contribution < -0.4 is 5.32 Å². The molecule has 1 N–H and O–H groups in total. The molecule has 1 aromatic carbocycles. The third kappa shape index (κ3) is 3.47. The molecule has 4 nitrogen and oxygen atoms in total. The zero-order chi connectivity index (χ0) is 14.8. The summed E-state index contributed by atoms with van der Waals surface area (Å²) in [4.78, 5) is 12.1. The highest BCUT2D eigenvalue weighted by Crippen LogP contribution is 2.21. The number of aromatic nitrogens is 2. The first kappa shape index (κ1) is 14.3. The Hall–Kier alpha value is -2.10. The summed E-state index contributed by atoms with van der Waals surface area (Å²) in [5.41, 5.74) is 1.74. The van der Waals surface area contributed by atoms with E-state index in [4.69, 9.17) is 0 Å². The van der Waals surface area contributed by atoms with Crippen molar-refractivity contribution in [1.29, 1.82) is 0 Å². The number of nitrogens with zero attached hydrogens (tertiary/aromatic N) is 2. The molecule has 0 atom stereocenters. The first-order valence-corrected chi connectivity index (χ1v) is 6.77. The van der Waals surface area contributed by atoms with Crippen molar-refractivity contribution in [1.82, 2.24) is 9.78 Å². The van der Waals surface area contributed by atoms with Gasteiger partial charge in [-0.2, -0.15) is 5.10 Å². The van der Waals surface area contributed by atoms with Crippen LogP contribution in [0.2, 0.25) is 0 Å². The molecule has 0 bridgehead atoms. The SMILES string of the molecule is Cc1cc(NC(=O)Cc2ccccc2)n(C(C)(C)C)n1. The van der Waals surface area contributed by atoms with Crippen LogP contribution in [-0.2, 0) is 16.8 Å². The average molecular weight is 271 g/mol. The van der Waals surface area contributed by atoms with Crippen LogP contribution in [-0.4, -0.2) is 15.7 Å². The van der Waals surface area contributed by atoms with Crippen molar-refractivity contribution >= 4 is 11.7 Å². The number of amides is 1. The predicted molar refractivity (Wildman–Crippen MR) is 80.7 cm³/mol. The monoisotopic (exact) mass is 271 g/mol. The summed E-state index contributed by atoms with van der Waals surface area (Å²) in [5, 5.41) is 7.39. The fourth-order valence-corrected chi connectivity index (χ4v) is 2.07. The van der Waals surface area contributed by atoms with Crippen LogP contribution in [0.25, 0.3) is 0 Å². The zero-order valence-corrected chi connectivity index (χ0v) is 12.5. The molecule has 2 aromatic rings. The molecule has 0 aliphatic carbocycles. The number of hydrogen-bond acceptors (Lipinski definition) is 2. The average Bonchev–Trinajstić information content (AvgIpc) is 2.71. The van der Waals surface area contributed by atoms with Crippen LogP contribution in [0.5, 0.6) is 0 Å². The molecule has 4 heteroatoms. The summed E-state index contributed by atoms with van der Waals surface area (Å²) >= 11 is 0. The minimum absolute atomic E-state index is 0.0263. The first-order chi connectivity index (χ1) is 9.36. The van der Waals surface area contributed by atoms with E-state index >= 15 is 0 Å². The number of nitrogens with one attached hydrogen (secondary N) is 1. The number of carbonyl (C=O) groups excluding carboxylic acids is 1. The lowest BCUT2D eigenvalue weighted by atomic mass is 10.1. The van der Waals surface area contributed by atoms with E-state index in [1.807, 2.05) is 48.0 Å². The van der Waals surface area contributed by atoms with Gasteiger partial charge in [0.05, 0.1) is 17.7 Å². The van der Waals surface area contributed by atoms with Gasteiger partial charge in [-0.05, 0) is 33.3 Å². The number of anilines is 1. The topological polar surface area (TPSA) is 46.9 Å². The summed E-state index contributed by atoms with van der Waals surface area (Å²) < 4.78 is 1.85. The van der Waals surface area contributed by atoms with E-state index in [2.05, 4.69) is 31.2 Å². The van der Waals surface area contributed by atoms with E-state index in [1.54, 1.807) is 0 Å². The Morgan fingerprint density at radius 3 is 2.50 bits per heavy atom. The summed E-state index contributed by atoms with van der Waals surface area (Å²) in [5.74, 6) is 0.720. The predicted octanol–water partition coefficient (Wildman–Crippen LogP) is 3.13. The van der Waals surface area contributed by atoms with E-state index in [9.17, 15) is 4.79 Å². The molecule has 0 saturated heterocycles. The number of aryl methyl sites for hydroxylation is 1. The summed E-state index contributed by atoms with van der Waals surface area (Å²) in [6.45, 7) is 8.11. The minimum atomic E-state index is -0.163. The van der Waals surface area contributed by atoms with Crippen molar-refractivity contribution < 1.29 is 4.79 Å². The van der Waals surface area contributed by atoms with Gasteiger partial charge in [-0.25, -0.2) is 4.68 Å². The minimum Gasteiger partial charge on any atom is -0.311 e. The van der Waals surface area contributed by atoms with Crippen molar-refractivity contribution in [3.8, 4) is 0 Å². The van der Waals surface area contributed by atoms with Crippen LogP contribution in [0.3, 0.4) is 0 Å². The number of benzene rings is 1. The third-order valence-electron chi connectivity index (χ3n) is 2.94. The van der Waals surface area contributed by atoms with Crippen molar-refractivity contribution in [3.63, 3.8) is 0 Å². The first-order valence-electron chi connectivity index (χ1n) is 6.77. The molecule has 0 spiro atoms. The Labute approximate surface area is 119 Å². The number of rotatable bonds is 3. The van der Waals surface area contributed by atoms with E-state index in [-0.39, 0.29) is 11.4 Å². The lowest BCUT2D eigenvalue weighted by molar-refractivity contribution is -0.115. The van der Waals surface area contributed by atoms with E-state index in [0.717, 1.165) is 17.1 Å². The van der Waals surface area contributed by atoms with Gasteiger partial charge in [0.15, 0.2) is 0 Å². The maximum Gasteiger partial charge on any atom is 0.229 e. The zero-order valence-electron chi connectivity index (χ0n) is 12.5. The Morgan fingerprint density at radius 1 is 1.25 bits per heavy atom. The highest BCUT2D eigenvalue weighted by molar-refractivity contribution is 5.91. The summed E-state index contributed by atoms with van der Waals surface area (Å²) in [6.07, 6.45) is 0.370. The summed E-state index contributed by atoms with van der Waals surface area (Å²) in [6, 6.07) is 11.6. The largest absolute Gasteiger partial charge is 0.311 e. The molecule has 1 amide bonds. The van der Waals surface area contributed by atoms with Crippen molar-refractivity contribution in [3.05, 3.63) is 47.7 Å². The van der Waals surface area contributed by atoms with Crippen LogP contribution in [0, 0.1) is 6.92 Å². The fourth-order valence-electron chi connectivity index (χ4n) is 2.07. The smallest absolute Gasteiger partial charge is 0.229 e. The normalized spacial score (nSPS) is 11.4. The Morgan fingerprint density at radius 2 is 1.90 bits per heavy atom. The van der Waals surface area contributed by atoms with Crippen LogP contribution in [0.4, 0.5) is 5.82 Å². The molecule has 106 valence electrons. The van der Waals surface area contributed by atoms with Gasteiger partial charge in [0.25, 0.3) is 0 Å². The van der Waals surface area contributed by atoms with Gasteiger partial charge >= 0.3 is 0 Å². The highest BCUT2D eigenvalue weighted by Gasteiger charge is 2.19. The number of hydrogen-bond donors (Lipinski definition) is 1. The molecular weight excluding hydrogens is 250 g/mol. The highest BCUT2D eigenvalue weighted by atomic mass is 16.1. The van der Waals surface area contributed by atoms with E-state index < -0.39 is 0 Å². The Kier molecular flexibility index (Phi) is 3.93. The maximum atomic E-state index is 12.1. The van der Waals surface area contributed by atoms with Gasteiger partial charge in [-0.3, -0.25) is 4.79 Å². The molecule has 0 unspecified atom stereocenters. The van der Waals surface area contributed by atoms with E-state index in [1.165, 1.54) is 0 Å². The Bertz CT molecular complexity index is 594. The van der Waals surface area contributed by atoms with Gasteiger partial charge in [-0.15, -0.1) is 0 Å².